The predicted molar refractivity (Wildman–Crippen MR) is 48.6 cm³/mol. The Morgan fingerprint density at radius 3 is 2.33 bits per heavy atom. The van der Waals surface area contributed by atoms with Crippen LogP contribution in [0.4, 0.5) is 0 Å². The summed E-state index contributed by atoms with van der Waals surface area (Å²) in [5, 5.41) is 21.1. The first-order valence-electron chi connectivity index (χ1n) is 4.30. The summed E-state index contributed by atoms with van der Waals surface area (Å²) < 4.78 is 4.80. The highest BCUT2D eigenvalue weighted by Gasteiger charge is 2.28. The van der Waals surface area contributed by atoms with Gasteiger partial charge < -0.3 is 14.7 Å². The SMILES string of the molecule is Cc1noc(C)c1C(CC(=O)O)C(=O)O. The molecule has 6 heteroatoms. The van der Waals surface area contributed by atoms with Gasteiger partial charge in [-0.2, -0.15) is 0 Å². The first-order valence-corrected chi connectivity index (χ1v) is 4.30. The molecule has 2 N–H and O–H groups in total. The number of aliphatic carboxylic acids is 2. The summed E-state index contributed by atoms with van der Waals surface area (Å²) >= 11 is 0. The quantitative estimate of drug-likeness (QED) is 0.771. The van der Waals surface area contributed by atoms with Gasteiger partial charge in [-0.1, -0.05) is 5.16 Å². The summed E-state index contributed by atoms with van der Waals surface area (Å²) in [4.78, 5) is 21.4. The van der Waals surface area contributed by atoms with Crippen molar-refractivity contribution < 1.29 is 24.3 Å². The fourth-order valence-electron chi connectivity index (χ4n) is 1.48. The molecule has 0 aliphatic heterocycles. The number of nitrogens with zero attached hydrogens (tertiary/aromatic N) is 1. The van der Waals surface area contributed by atoms with E-state index < -0.39 is 24.3 Å². The first-order chi connectivity index (χ1) is 6.93. The Morgan fingerprint density at radius 2 is 2.00 bits per heavy atom. The van der Waals surface area contributed by atoms with Crippen LogP contribution >= 0.6 is 0 Å². The van der Waals surface area contributed by atoms with Crippen LogP contribution in [0.2, 0.25) is 0 Å². The standard InChI is InChI=1S/C9H11NO5/c1-4-8(5(2)15-10-4)6(9(13)14)3-7(11)12/h6H,3H2,1-2H3,(H,11,12)(H,13,14). The van der Waals surface area contributed by atoms with E-state index in [0.29, 0.717) is 17.0 Å². The van der Waals surface area contributed by atoms with Crippen LogP contribution in [0.3, 0.4) is 0 Å². The van der Waals surface area contributed by atoms with Crippen molar-refractivity contribution in [3.05, 3.63) is 17.0 Å². The lowest BCUT2D eigenvalue weighted by Crippen LogP contribution is -2.17. The summed E-state index contributed by atoms with van der Waals surface area (Å²) in [6, 6.07) is 0. The van der Waals surface area contributed by atoms with Gasteiger partial charge >= 0.3 is 11.9 Å². The van der Waals surface area contributed by atoms with E-state index in [9.17, 15) is 9.59 Å². The van der Waals surface area contributed by atoms with Gasteiger partial charge in [0.1, 0.15) is 5.76 Å². The van der Waals surface area contributed by atoms with Crippen LogP contribution in [0.5, 0.6) is 0 Å². The lowest BCUT2D eigenvalue weighted by molar-refractivity contribution is -0.145. The van der Waals surface area contributed by atoms with E-state index in [1.807, 2.05) is 0 Å². The molecule has 1 aromatic heterocycles. The van der Waals surface area contributed by atoms with Gasteiger partial charge in [-0.25, -0.2) is 0 Å². The zero-order valence-electron chi connectivity index (χ0n) is 8.35. The molecular formula is C9H11NO5. The van der Waals surface area contributed by atoms with Crippen molar-refractivity contribution in [3.8, 4) is 0 Å². The van der Waals surface area contributed by atoms with Crippen LogP contribution in [0, 0.1) is 13.8 Å². The second kappa shape index (κ2) is 4.12. The van der Waals surface area contributed by atoms with Crippen LogP contribution in [-0.2, 0) is 9.59 Å². The Bertz CT molecular complexity index is 376. The van der Waals surface area contributed by atoms with Crippen LogP contribution in [-0.4, -0.2) is 27.3 Å². The maximum absolute atomic E-state index is 10.9. The molecule has 1 atom stereocenters. The largest absolute Gasteiger partial charge is 0.481 e. The zero-order valence-corrected chi connectivity index (χ0v) is 8.35. The number of hydrogen-bond donors (Lipinski definition) is 2. The Hall–Kier alpha value is -1.85. The maximum Gasteiger partial charge on any atom is 0.311 e. The molecule has 1 aromatic rings. The van der Waals surface area contributed by atoms with Gasteiger partial charge in [-0.05, 0) is 13.8 Å². The van der Waals surface area contributed by atoms with Gasteiger partial charge in [0.25, 0.3) is 0 Å². The minimum absolute atomic E-state index is 0.348. The number of carboxylic acid groups (broad SMARTS) is 2. The molecule has 0 aliphatic rings. The molecule has 0 spiro atoms. The van der Waals surface area contributed by atoms with Crippen molar-refractivity contribution in [2.75, 3.05) is 0 Å². The average Bonchev–Trinajstić information content (AvgIpc) is 2.42. The Labute approximate surface area is 85.5 Å². The topological polar surface area (TPSA) is 101 Å². The number of aromatic nitrogens is 1. The highest BCUT2D eigenvalue weighted by atomic mass is 16.5. The van der Waals surface area contributed by atoms with Crippen LogP contribution in [0.1, 0.15) is 29.4 Å². The molecule has 6 nitrogen and oxygen atoms in total. The number of rotatable bonds is 4. The van der Waals surface area contributed by atoms with Crippen molar-refractivity contribution in [1.29, 1.82) is 0 Å². The maximum atomic E-state index is 10.9. The van der Waals surface area contributed by atoms with Gasteiger partial charge in [0.2, 0.25) is 0 Å². The molecule has 1 unspecified atom stereocenters. The van der Waals surface area contributed by atoms with E-state index in [-0.39, 0.29) is 0 Å². The predicted octanol–water partition coefficient (Wildman–Crippen LogP) is 0.934. The van der Waals surface area contributed by atoms with Crippen LogP contribution < -0.4 is 0 Å². The van der Waals surface area contributed by atoms with Gasteiger partial charge in [-0.3, -0.25) is 9.59 Å². The zero-order chi connectivity index (χ0) is 11.6. The molecule has 0 aliphatic carbocycles. The van der Waals surface area contributed by atoms with Gasteiger partial charge in [-0.15, -0.1) is 0 Å². The smallest absolute Gasteiger partial charge is 0.311 e. The normalized spacial score (nSPS) is 12.4. The Morgan fingerprint density at radius 1 is 1.40 bits per heavy atom. The lowest BCUT2D eigenvalue weighted by Gasteiger charge is -2.08. The molecule has 0 saturated heterocycles. The fraction of sp³-hybridized carbons (Fsp3) is 0.444. The summed E-state index contributed by atoms with van der Waals surface area (Å²) in [6.45, 7) is 3.15. The second-order valence-corrected chi connectivity index (χ2v) is 3.23. The fourth-order valence-corrected chi connectivity index (χ4v) is 1.48. The van der Waals surface area contributed by atoms with Crippen molar-refractivity contribution in [3.63, 3.8) is 0 Å². The molecule has 0 amide bonds. The molecule has 82 valence electrons. The van der Waals surface area contributed by atoms with Crippen LogP contribution in [0.15, 0.2) is 4.52 Å². The van der Waals surface area contributed by atoms with E-state index in [1.54, 1.807) is 13.8 Å². The molecule has 0 saturated carbocycles. The number of carboxylic acids is 2. The highest BCUT2D eigenvalue weighted by molar-refractivity contribution is 5.82. The molecule has 0 aromatic carbocycles. The van der Waals surface area contributed by atoms with E-state index >= 15 is 0 Å². The number of carbonyl (C=O) groups is 2. The van der Waals surface area contributed by atoms with E-state index in [0.717, 1.165) is 0 Å². The molecular weight excluding hydrogens is 202 g/mol. The summed E-state index contributed by atoms with van der Waals surface area (Å²) in [7, 11) is 0. The lowest BCUT2D eigenvalue weighted by atomic mass is 9.94. The average molecular weight is 213 g/mol. The molecule has 0 radical (unpaired) electrons. The molecule has 1 rings (SSSR count). The third-order valence-electron chi connectivity index (χ3n) is 2.11. The summed E-state index contributed by atoms with van der Waals surface area (Å²) in [6.07, 6.45) is -0.474. The van der Waals surface area contributed by atoms with Crippen molar-refractivity contribution in [2.45, 2.75) is 26.2 Å². The first kappa shape index (κ1) is 11.2. The van der Waals surface area contributed by atoms with E-state index in [2.05, 4.69) is 5.16 Å². The second-order valence-electron chi connectivity index (χ2n) is 3.23. The van der Waals surface area contributed by atoms with Gasteiger partial charge in [0.15, 0.2) is 0 Å². The Kier molecular flexibility index (Phi) is 3.08. The van der Waals surface area contributed by atoms with Crippen molar-refractivity contribution >= 4 is 11.9 Å². The minimum Gasteiger partial charge on any atom is -0.481 e. The van der Waals surface area contributed by atoms with E-state index in [1.165, 1.54) is 0 Å². The van der Waals surface area contributed by atoms with Gasteiger partial charge in [0, 0.05) is 5.56 Å². The number of aryl methyl sites for hydroxylation is 2. The van der Waals surface area contributed by atoms with Crippen molar-refractivity contribution in [1.82, 2.24) is 5.16 Å². The third-order valence-corrected chi connectivity index (χ3v) is 2.11. The Balaban J connectivity index is 3.09. The van der Waals surface area contributed by atoms with Crippen LogP contribution in [0.25, 0.3) is 0 Å². The van der Waals surface area contributed by atoms with E-state index in [4.69, 9.17) is 14.7 Å². The summed E-state index contributed by atoms with van der Waals surface area (Å²) in [5.41, 5.74) is 0.769. The molecule has 0 fully saturated rings. The highest BCUT2D eigenvalue weighted by Crippen LogP contribution is 2.26. The van der Waals surface area contributed by atoms with Gasteiger partial charge in [0.05, 0.1) is 18.0 Å². The molecule has 15 heavy (non-hydrogen) atoms. The monoisotopic (exact) mass is 213 g/mol. The number of hydrogen-bond acceptors (Lipinski definition) is 4. The minimum atomic E-state index is -1.19. The molecule has 0 bridgehead atoms. The van der Waals surface area contributed by atoms with Crippen molar-refractivity contribution in [2.24, 2.45) is 0 Å². The third kappa shape index (κ3) is 2.34. The molecule has 1 heterocycles. The summed E-state index contributed by atoms with van der Waals surface area (Å²) in [5.74, 6) is -3.11.